The Labute approximate surface area is 229 Å². The number of nitrogens with zero attached hydrogens (tertiary/aromatic N) is 3. The zero-order valence-electron chi connectivity index (χ0n) is 22.5. The van der Waals surface area contributed by atoms with Crippen LogP contribution in [0.1, 0.15) is 43.4 Å². The van der Waals surface area contributed by atoms with Gasteiger partial charge in [-0.15, -0.1) is 11.3 Å². The lowest BCUT2D eigenvalue weighted by Gasteiger charge is -2.23. The number of aliphatic hydroxyl groups is 1. The van der Waals surface area contributed by atoms with Crippen LogP contribution in [0.15, 0.2) is 50.7 Å². The molecule has 0 spiro atoms. The normalized spacial score (nSPS) is 14.3. The third kappa shape index (κ3) is 5.75. The van der Waals surface area contributed by atoms with Crippen LogP contribution < -0.4 is 11.2 Å². The minimum atomic E-state index is -1.72. The van der Waals surface area contributed by atoms with Crippen LogP contribution in [0.3, 0.4) is 0 Å². The third-order valence-electron chi connectivity index (χ3n) is 6.98. The molecule has 3 aromatic heterocycles. The minimum absolute atomic E-state index is 0.0891. The number of carbonyl (C=O) groups is 1. The van der Waals surface area contributed by atoms with E-state index in [1.165, 1.54) is 42.2 Å². The van der Waals surface area contributed by atoms with Crippen LogP contribution in [0.25, 0.3) is 21.0 Å². The summed E-state index contributed by atoms with van der Waals surface area (Å²) < 4.78 is 12.7. The monoisotopic (exact) mass is 555 g/mol. The van der Waals surface area contributed by atoms with Gasteiger partial charge in [-0.05, 0) is 63.6 Å². The fraction of sp³-hybridized carbons (Fsp3) is 0.429. The maximum absolute atomic E-state index is 13.5. The average Bonchev–Trinajstić information content (AvgIpc) is 3.54. The third-order valence-corrected chi connectivity index (χ3v) is 8.28. The standard InChI is InChI=1S/C23H23N3O5S.C5H10O2/c1-13-7-5-6-8-15(13)9-11-25-20-16(14(2)17(32-20)18-24-10-12-31-18)19(27)26(22(25)30)23(3,4)21(28)29;6-5-1-3-7-4-2-5/h5-8,10,12H,9,11H2,1-4H3,(H,28,29);5-6H,1-4H2. The predicted molar refractivity (Wildman–Crippen MR) is 148 cm³/mol. The zero-order valence-corrected chi connectivity index (χ0v) is 23.3. The number of benzene rings is 1. The van der Waals surface area contributed by atoms with Crippen LogP contribution >= 0.6 is 11.3 Å². The van der Waals surface area contributed by atoms with Crippen LogP contribution in [-0.2, 0) is 28.0 Å². The van der Waals surface area contributed by atoms with Crippen molar-refractivity contribution in [1.82, 2.24) is 14.1 Å². The lowest BCUT2D eigenvalue weighted by molar-refractivity contribution is -0.146. The smallest absolute Gasteiger partial charge is 0.333 e. The number of aromatic nitrogens is 3. The summed E-state index contributed by atoms with van der Waals surface area (Å²) >= 11 is 1.25. The van der Waals surface area contributed by atoms with Gasteiger partial charge < -0.3 is 19.4 Å². The Balaban J connectivity index is 0.000000438. The van der Waals surface area contributed by atoms with Crippen LogP contribution in [0.4, 0.5) is 0 Å². The van der Waals surface area contributed by atoms with Gasteiger partial charge in [-0.25, -0.2) is 19.1 Å². The van der Waals surface area contributed by atoms with Gasteiger partial charge in [0.25, 0.3) is 5.56 Å². The summed E-state index contributed by atoms with van der Waals surface area (Å²) in [5.74, 6) is -0.910. The van der Waals surface area contributed by atoms with Gasteiger partial charge in [0.05, 0.1) is 22.6 Å². The number of ether oxygens (including phenoxy) is 1. The van der Waals surface area contributed by atoms with E-state index in [4.69, 9.17) is 14.3 Å². The van der Waals surface area contributed by atoms with E-state index in [2.05, 4.69) is 4.98 Å². The lowest BCUT2D eigenvalue weighted by atomic mass is 10.0. The maximum atomic E-state index is 13.5. The summed E-state index contributed by atoms with van der Waals surface area (Å²) in [6, 6.07) is 7.87. The molecule has 0 unspecified atom stereocenters. The van der Waals surface area contributed by atoms with Crippen molar-refractivity contribution in [1.29, 1.82) is 0 Å². The molecule has 1 aromatic carbocycles. The molecule has 2 N–H and O–H groups in total. The van der Waals surface area contributed by atoms with Gasteiger partial charge in [-0.2, -0.15) is 0 Å². The van der Waals surface area contributed by atoms with E-state index < -0.39 is 22.8 Å². The fourth-order valence-corrected chi connectivity index (χ4v) is 5.74. The summed E-state index contributed by atoms with van der Waals surface area (Å²) in [5.41, 5.74) is -0.218. The molecule has 0 amide bonds. The van der Waals surface area contributed by atoms with Gasteiger partial charge in [0, 0.05) is 19.8 Å². The molecular weight excluding hydrogens is 522 g/mol. The molecule has 4 heterocycles. The summed E-state index contributed by atoms with van der Waals surface area (Å²) in [6.07, 6.45) is 5.05. The van der Waals surface area contributed by atoms with Crippen LogP contribution in [-0.4, -0.2) is 49.6 Å². The Hall–Kier alpha value is -3.54. The molecule has 5 rings (SSSR count). The van der Waals surface area contributed by atoms with Crippen LogP contribution in [0, 0.1) is 13.8 Å². The van der Waals surface area contributed by atoms with Gasteiger partial charge in [0.2, 0.25) is 5.89 Å². The van der Waals surface area contributed by atoms with Crippen molar-refractivity contribution in [3.05, 3.63) is 74.3 Å². The van der Waals surface area contributed by atoms with E-state index in [1.54, 1.807) is 6.92 Å². The van der Waals surface area contributed by atoms with Crippen molar-refractivity contribution < 1.29 is 24.2 Å². The number of aliphatic carboxylic acids is 1. The molecule has 0 saturated carbocycles. The number of hydrogen-bond acceptors (Lipinski definition) is 8. The molecule has 1 aliphatic rings. The van der Waals surface area contributed by atoms with Crippen molar-refractivity contribution in [2.24, 2.45) is 0 Å². The molecule has 208 valence electrons. The summed E-state index contributed by atoms with van der Waals surface area (Å²) in [7, 11) is 0. The Morgan fingerprint density at radius 1 is 1.18 bits per heavy atom. The minimum Gasteiger partial charge on any atom is -0.480 e. The predicted octanol–water partition coefficient (Wildman–Crippen LogP) is 3.72. The lowest BCUT2D eigenvalue weighted by Crippen LogP contribution is -2.52. The van der Waals surface area contributed by atoms with E-state index in [0.29, 0.717) is 39.5 Å². The van der Waals surface area contributed by atoms with Crippen LogP contribution in [0.5, 0.6) is 0 Å². The van der Waals surface area contributed by atoms with E-state index in [9.17, 15) is 19.5 Å². The first-order valence-electron chi connectivity index (χ1n) is 12.8. The number of carboxylic acid groups (broad SMARTS) is 1. The molecule has 1 saturated heterocycles. The number of aliphatic hydroxyl groups excluding tert-OH is 1. The molecular formula is C28H33N3O7S. The van der Waals surface area contributed by atoms with E-state index in [0.717, 1.165) is 41.7 Å². The average molecular weight is 556 g/mol. The van der Waals surface area contributed by atoms with Crippen molar-refractivity contribution in [2.75, 3.05) is 13.2 Å². The van der Waals surface area contributed by atoms with E-state index in [-0.39, 0.29) is 6.10 Å². The number of oxazole rings is 1. The molecule has 10 nitrogen and oxygen atoms in total. The first kappa shape index (κ1) is 28.5. The largest absolute Gasteiger partial charge is 0.480 e. The molecule has 11 heteroatoms. The van der Waals surface area contributed by atoms with E-state index >= 15 is 0 Å². The first-order valence-corrected chi connectivity index (χ1v) is 13.6. The van der Waals surface area contributed by atoms with Gasteiger partial charge >= 0.3 is 11.7 Å². The Morgan fingerprint density at radius 3 is 2.44 bits per heavy atom. The number of thiophene rings is 1. The molecule has 0 atom stereocenters. The summed E-state index contributed by atoms with van der Waals surface area (Å²) in [4.78, 5) is 44.2. The highest BCUT2D eigenvalue weighted by molar-refractivity contribution is 7.22. The maximum Gasteiger partial charge on any atom is 0.333 e. The Morgan fingerprint density at radius 2 is 1.87 bits per heavy atom. The topological polar surface area (TPSA) is 137 Å². The number of aryl methyl sites for hydroxylation is 4. The fourth-order valence-electron chi connectivity index (χ4n) is 4.48. The first-order chi connectivity index (χ1) is 18.5. The quantitative estimate of drug-likeness (QED) is 0.367. The molecule has 1 fully saturated rings. The Bertz CT molecular complexity index is 1580. The van der Waals surface area contributed by atoms with Crippen molar-refractivity contribution in [2.45, 2.75) is 65.1 Å². The van der Waals surface area contributed by atoms with E-state index in [1.807, 2.05) is 31.2 Å². The summed E-state index contributed by atoms with van der Waals surface area (Å²) in [6.45, 7) is 8.23. The molecule has 0 aliphatic carbocycles. The number of carboxylic acids is 1. The highest BCUT2D eigenvalue weighted by Crippen LogP contribution is 2.35. The number of rotatable bonds is 6. The molecule has 4 aromatic rings. The second-order valence-corrected chi connectivity index (χ2v) is 11.0. The van der Waals surface area contributed by atoms with Gasteiger partial charge in [-0.1, -0.05) is 24.3 Å². The SMILES string of the molecule is Cc1ccccc1CCn1c(=O)n(C(C)(C)C(=O)O)c(=O)c2c(C)c(-c3ncco3)sc21.OC1CCOCC1. The molecule has 0 radical (unpaired) electrons. The van der Waals surface area contributed by atoms with Gasteiger partial charge in [0.15, 0.2) is 0 Å². The van der Waals surface area contributed by atoms with Gasteiger partial charge in [-0.3, -0.25) is 9.36 Å². The number of fused-ring (bicyclic) bond motifs is 1. The van der Waals surface area contributed by atoms with Crippen LogP contribution in [0.2, 0.25) is 0 Å². The molecule has 39 heavy (non-hydrogen) atoms. The summed E-state index contributed by atoms with van der Waals surface area (Å²) in [5, 5.41) is 18.9. The van der Waals surface area contributed by atoms with Crippen molar-refractivity contribution in [3.8, 4) is 10.8 Å². The highest BCUT2D eigenvalue weighted by Gasteiger charge is 2.35. The zero-order chi connectivity index (χ0) is 28.3. The van der Waals surface area contributed by atoms with Crippen molar-refractivity contribution >= 4 is 27.5 Å². The molecule has 0 bridgehead atoms. The second kappa shape index (κ2) is 11.7. The molecule has 1 aliphatic heterocycles. The Kier molecular flexibility index (Phi) is 8.53. The number of hydrogen-bond donors (Lipinski definition) is 2. The van der Waals surface area contributed by atoms with Gasteiger partial charge in [0.1, 0.15) is 16.6 Å². The highest BCUT2D eigenvalue weighted by atomic mass is 32.1. The van der Waals surface area contributed by atoms with Crippen molar-refractivity contribution in [3.63, 3.8) is 0 Å². The second-order valence-electron chi connectivity index (χ2n) is 10.0.